The van der Waals surface area contributed by atoms with Crippen LogP contribution >= 0.6 is 0 Å². The number of methoxy groups -OCH3 is 1. The van der Waals surface area contributed by atoms with Crippen LogP contribution in [0.5, 0.6) is 5.75 Å². The third-order valence-corrected chi connectivity index (χ3v) is 2.39. The monoisotopic (exact) mass is 257 g/mol. The Labute approximate surface area is 112 Å². The van der Waals surface area contributed by atoms with Crippen molar-refractivity contribution in [1.29, 1.82) is 0 Å². The summed E-state index contributed by atoms with van der Waals surface area (Å²) in [5.74, 6) is 1.09. The van der Waals surface area contributed by atoms with E-state index in [0.717, 1.165) is 16.9 Å². The van der Waals surface area contributed by atoms with Gasteiger partial charge >= 0.3 is 0 Å². The summed E-state index contributed by atoms with van der Waals surface area (Å²) in [4.78, 5) is 10.8. The predicted octanol–water partition coefficient (Wildman–Crippen LogP) is 2.76. The van der Waals surface area contributed by atoms with Crippen molar-refractivity contribution in [1.82, 2.24) is 0 Å². The summed E-state index contributed by atoms with van der Waals surface area (Å²) in [5, 5.41) is 9.33. The Balaban J connectivity index is 0.000000159. The number of Topliss-reactive ketones (excluding diaryl/α,β-unsaturated/α-hetero) is 1. The van der Waals surface area contributed by atoms with E-state index in [0.29, 0.717) is 0 Å². The normalized spacial score (nSPS) is 13.4. The van der Waals surface area contributed by atoms with Crippen molar-refractivity contribution in [3.05, 3.63) is 65.8 Å². The minimum Gasteiger partial charge on any atom is -0.497 e. The molecule has 0 saturated heterocycles. The highest BCUT2D eigenvalue weighted by molar-refractivity contribution is 6.17. The third kappa shape index (κ3) is 4.27. The SMILES string of the molecule is C=NO.COc1ccccc1.O=C1C2=CC=C1C=C2. The zero-order valence-electron chi connectivity index (χ0n) is 10.6. The standard InChI is InChI=1S/C7H4O.C7H8O.CH3NO/c8-7-5-1-2-6(7)4-3-5;1-8-7-5-3-2-4-6-7;1-2-3/h1-4H;2-6H,1H3;3H,1H2. The van der Waals surface area contributed by atoms with Gasteiger partial charge in [0.1, 0.15) is 5.75 Å². The Bertz CT molecular complexity index is 504. The van der Waals surface area contributed by atoms with Gasteiger partial charge in [-0.2, -0.15) is 0 Å². The summed E-state index contributed by atoms with van der Waals surface area (Å²) in [6.07, 6.45) is 7.38. The number of benzene rings is 1. The molecule has 0 unspecified atom stereocenters. The fraction of sp³-hybridized carbons (Fsp3) is 0.0667. The van der Waals surface area contributed by atoms with Gasteiger partial charge in [0.2, 0.25) is 0 Å². The molecular formula is C15H15NO3. The van der Waals surface area contributed by atoms with Crippen molar-refractivity contribution in [3.8, 4) is 5.75 Å². The van der Waals surface area contributed by atoms with Gasteiger partial charge in [-0.15, -0.1) is 5.16 Å². The van der Waals surface area contributed by atoms with Gasteiger partial charge < -0.3 is 9.94 Å². The lowest BCUT2D eigenvalue weighted by atomic mass is 10.2. The van der Waals surface area contributed by atoms with E-state index >= 15 is 0 Å². The number of carbonyl (C=O) groups is 1. The Morgan fingerprint density at radius 3 is 1.79 bits per heavy atom. The quantitative estimate of drug-likeness (QED) is 0.478. The van der Waals surface area contributed by atoms with E-state index in [9.17, 15) is 4.79 Å². The second-order valence-electron chi connectivity index (χ2n) is 3.57. The average Bonchev–Trinajstić information content (AvgIpc) is 2.99. The topological polar surface area (TPSA) is 58.9 Å². The van der Waals surface area contributed by atoms with Gasteiger partial charge in [-0.25, -0.2) is 0 Å². The first-order valence-electron chi connectivity index (χ1n) is 5.56. The van der Waals surface area contributed by atoms with Crippen LogP contribution in [0.1, 0.15) is 0 Å². The summed E-state index contributed by atoms with van der Waals surface area (Å²) < 4.78 is 4.91. The number of para-hydroxylation sites is 1. The number of hydrogen-bond acceptors (Lipinski definition) is 4. The largest absolute Gasteiger partial charge is 0.497 e. The lowest BCUT2D eigenvalue weighted by Crippen LogP contribution is -1.89. The zero-order chi connectivity index (χ0) is 14.1. The maximum Gasteiger partial charge on any atom is 0.193 e. The number of nitrogens with zero attached hydrogens (tertiary/aromatic N) is 1. The van der Waals surface area contributed by atoms with Gasteiger partial charge in [-0.3, -0.25) is 4.79 Å². The Hall–Kier alpha value is -2.62. The van der Waals surface area contributed by atoms with Crippen molar-refractivity contribution in [2.45, 2.75) is 0 Å². The molecule has 0 aliphatic heterocycles. The number of ether oxygens (including phenoxy) is 1. The molecule has 1 N–H and O–H groups in total. The molecule has 0 saturated carbocycles. The number of rotatable bonds is 1. The van der Waals surface area contributed by atoms with E-state index in [2.05, 4.69) is 11.9 Å². The fourth-order valence-corrected chi connectivity index (χ4v) is 1.50. The summed E-state index contributed by atoms with van der Waals surface area (Å²) >= 11 is 0. The first kappa shape index (κ1) is 14.4. The number of ketones is 1. The maximum atomic E-state index is 10.8. The molecule has 2 aliphatic rings. The van der Waals surface area contributed by atoms with Crippen molar-refractivity contribution in [2.24, 2.45) is 5.16 Å². The number of carbonyl (C=O) groups excluding carboxylic acids is 1. The maximum absolute atomic E-state index is 10.8. The van der Waals surface area contributed by atoms with Crippen LogP contribution in [0.25, 0.3) is 0 Å². The fourth-order valence-electron chi connectivity index (χ4n) is 1.50. The van der Waals surface area contributed by atoms with Crippen LogP contribution in [0.3, 0.4) is 0 Å². The lowest BCUT2D eigenvalue weighted by molar-refractivity contribution is -0.111. The van der Waals surface area contributed by atoms with E-state index in [1.807, 2.05) is 54.6 Å². The number of fused-ring (bicyclic) bond motifs is 2. The van der Waals surface area contributed by atoms with Crippen molar-refractivity contribution in [2.75, 3.05) is 7.11 Å². The van der Waals surface area contributed by atoms with Crippen LogP contribution in [-0.2, 0) is 4.79 Å². The van der Waals surface area contributed by atoms with Crippen LogP contribution < -0.4 is 4.74 Å². The molecule has 4 heteroatoms. The summed E-state index contributed by atoms with van der Waals surface area (Å²) in [6.45, 7) is 2.67. The molecule has 4 nitrogen and oxygen atoms in total. The second-order valence-corrected chi connectivity index (χ2v) is 3.57. The van der Waals surface area contributed by atoms with Crippen LogP contribution in [-0.4, -0.2) is 24.8 Å². The molecule has 0 heterocycles. The second kappa shape index (κ2) is 7.66. The van der Waals surface area contributed by atoms with E-state index in [1.54, 1.807) is 7.11 Å². The summed E-state index contributed by atoms with van der Waals surface area (Å²) in [7, 11) is 1.66. The first-order chi connectivity index (χ1) is 9.22. The number of allylic oxidation sites excluding steroid dienone is 6. The number of oxime groups is 1. The molecule has 19 heavy (non-hydrogen) atoms. The molecule has 0 spiro atoms. The molecule has 1 aromatic carbocycles. The summed E-state index contributed by atoms with van der Waals surface area (Å²) in [6, 6.07) is 9.68. The minimum atomic E-state index is 0.185. The van der Waals surface area contributed by atoms with Crippen LogP contribution in [0.4, 0.5) is 0 Å². The van der Waals surface area contributed by atoms with E-state index in [-0.39, 0.29) is 5.78 Å². The molecule has 2 bridgehead atoms. The molecule has 0 radical (unpaired) electrons. The molecule has 0 atom stereocenters. The molecule has 0 amide bonds. The molecule has 3 rings (SSSR count). The molecule has 1 aromatic rings. The van der Waals surface area contributed by atoms with E-state index in [1.165, 1.54) is 0 Å². The Morgan fingerprint density at radius 1 is 1.11 bits per heavy atom. The van der Waals surface area contributed by atoms with Crippen LogP contribution in [0.2, 0.25) is 0 Å². The molecular weight excluding hydrogens is 242 g/mol. The first-order valence-corrected chi connectivity index (χ1v) is 5.56. The van der Waals surface area contributed by atoms with Crippen LogP contribution in [0, 0.1) is 0 Å². The van der Waals surface area contributed by atoms with Crippen molar-refractivity contribution < 1.29 is 14.7 Å². The summed E-state index contributed by atoms with van der Waals surface area (Å²) in [5.41, 5.74) is 1.67. The van der Waals surface area contributed by atoms with Crippen LogP contribution in [0.15, 0.2) is 70.9 Å². The van der Waals surface area contributed by atoms with Gasteiger partial charge in [0.15, 0.2) is 5.78 Å². The highest BCUT2D eigenvalue weighted by Gasteiger charge is 2.19. The smallest absolute Gasteiger partial charge is 0.193 e. The molecule has 98 valence electrons. The van der Waals surface area contributed by atoms with E-state index in [4.69, 9.17) is 9.94 Å². The molecule has 2 aliphatic carbocycles. The van der Waals surface area contributed by atoms with Gasteiger partial charge in [0.25, 0.3) is 0 Å². The lowest BCUT2D eigenvalue weighted by Gasteiger charge is -1.93. The Kier molecular flexibility index (Phi) is 5.82. The van der Waals surface area contributed by atoms with Gasteiger partial charge in [0.05, 0.1) is 7.11 Å². The van der Waals surface area contributed by atoms with E-state index < -0.39 is 0 Å². The highest BCUT2D eigenvalue weighted by Crippen LogP contribution is 2.23. The van der Waals surface area contributed by atoms with Gasteiger partial charge in [-0.05, 0) is 12.1 Å². The minimum absolute atomic E-state index is 0.185. The average molecular weight is 257 g/mol. The highest BCUT2D eigenvalue weighted by atomic mass is 16.5. The molecule has 0 aromatic heterocycles. The van der Waals surface area contributed by atoms with Crippen molar-refractivity contribution >= 4 is 12.5 Å². The number of hydrogen-bond donors (Lipinski definition) is 1. The third-order valence-electron chi connectivity index (χ3n) is 2.39. The molecule has 0 fully saturated rings. The zero-order valence-corrected chi connectivity index (χ0v) is 10.6. The predicted molar refractivity (Wildman–Crippen MR) is 74.6 cm³/mol. The van der Waals surface area contributed by atoms with Gasteiger partial charge in [0, 0.05) is 17.9 Å². The van der Waals surface area contributed by atoms with Crippen molar-refractivity contribution in [3.63, 3.8) is 0 Å². The van der Waals surface area contributed by atoms with Gasteiger partial charge in [-0.1, -0.05) is 42.5 Å². The Morgan fingerprint density at radius 2 is 1.58 bits per heavy atom.